The summed E-state index contributed by atoms with van der Waals surface area (Å²) in [6.07, 6.45) is 0.377. The summed E-state index contributed by atoms with van der Waals surface area (Å²) < 4.78 is 25.2. The average Bonchev–Trinajstić information content (AvgIpc) is 2.84. The van der Waals surface area contributed by atoms with E-state index >= 15 is 0 Å². The van der Waals surface area contributed by atoms with E-state index in [0.717, 1.165) is 0 Å². The Labute approximate surface area is 196 Å². The first kappa shape index (κ1) is 23.3. The van der Waals surface area contributed by atoms with Crippen molar-refractivity contribution in [3.8, 4) is 6.07 Å². The Morgan fingerprint density at radius 2 is 1.97 bits per heavy atom. The van der Waals surface area contributed by atoms with Crippen molar-refractivity contribution in [1.82, 2.24) is 4.90 Å². The molecule has 2 aromatic carbocycles. The highest BCUT2D eigenvalue weighted by molar-refractivity contribution is 5.98. The molecule has 0 saturated carbocycles. The standard InChI is InChI=1S/C25H25FN4O4/c1-29(2)25(32)18-11-16(5-6-28-21-13-19(26)4-3-17(21)15-27)24-20(12-18)22(31)14-23(34-24)30-7-9-33-10-8-30/h3-4,11-14,28H,5-10H2,1-2H3. The number of halogens is 1. The lowest BCUT2D eigenvalue weighted by molar-refractivity contribution is 0.0827. The van der Waals surface area contributed by atoms with E-state index < -0.39 is 5.82 Å². The van der Waals surface area contributed by atoms with Gasteiger partial charge in [0.1, 0.15) is 17.5 Å². The summed E-state index contributed by atoms with van der Waals surface area (Å²) in [7, 11) is 3.29. The third-order valence-corrected chi connectivity index (χ3v) is 5.68. The molecule has 176 valence electrons. The molecule has 1 aliphatic heterocycles. The van der Waals surface area contributed by atoms with Crippen molar-refractivity contribution in [2.45, 2.75) is 6.42 Å². The van der Waals surface area contributed by atoms with E-state index in [4.69, 9.17) is 9.15 Å². The van der Waals surface area contributed by atoms with Crippen LogP contribution in [0.1, 0.15) is 21.5 Å². The second kappa shape index (κ2) is 9.93. The van der Waals surface area contributed by atoms with Crippen LogP contribution >= 0.6 is 0 Å². The Balaban J connectivity index is 1.72. The summed E-state index contributed by atoms with van der Waals surface area (Å²) in [6, 6.07) is 10.7. The Morgan fingerprint density at radius 1 is 1.21 bits per heavy atom. The average molecular weight is 464 g/mol. The van der Waals surface area contributed by atoms with E-state index in [9.17, 15) is 19.2 Å². The molecule has 0 unspecified atom stereocenters. The number of benzene rings is 2. The smallest absolute Gasteiger partial charge is 0.253 e. The van der Waals surface area contributed by atoms with Gasteiger partial charge in [0, 0.05) is 45.4 Å². The van der Waals surface area contributed by atoms with E-state index in [1.165, 1.54) is 29.2 Å². The summed E-state index contributed by atoms with van der Waals surface area (Å²) in [5.74, 6) is -0.227. The number of nitrogens with zero attached hydrogens (tertiary/aromatic N) is 3. The fourth-order valence-corrected chi connectivity index (χ4v) is 3.92. The largest absolute Gasteiger partial charge is 0.440 e. The molecule has 4 rings (SSSR count). The molecule has 1 aromatic heterocycles. The van der Waals surface area contributed by atoms with Gasteiger partial charge in [-0.25, -0.2) is 4.39 Å². The van der Waals surface area contributed by atoms with E-state index in [1.807, 2.05) is 11.0 Å². The molecular weight excluding hydrogens is 439 g/mol. The van der Waals surface area contributed by atoms with Gasteiger partial charge in [0.25, 0.3) is 5.91 Å². The number of fused-ring (bicyclic) bond motifs is 1. The third-order valence-electron chi connectivity index (χ3n) is 5.68. The quantitative estimate of drug-likeness (QED) is 0.599. The van der Waals surface area contributed by atoms with Crippen LogP contribution in [0.3, 0.4) is 0 Å². The van der Waals surface area contributed by atoms with Crippen LogP contribution < -0.4 is 15.6 Å². The zero-order chi connectivity index (χ0) is 24.2. The first-order valence-corrected chi connectivity index (χ1v) is 11.0. The molecule has 34 heavy (non-hydrogen) atoms. The zero-order valence-electron chi connectivity index (χ0n) is 19.1. The first-order valence-electron chi connectivity index (χ1n) is 11.0. The van der Waals surface area contributed by atoms with Gasteiger partial charge in [0.2, 0.25) is 0 Å². The van der Waals surface area contributed by atoms with E-state index in [-0.39, 0.29) is 11.3 Å². The van der Waals surface area contributed by atoms with Crippen molar-refractivity contribution in [2.24, 2.45) is 0 Å². The van der Waals surface area contributed by atoms with Crippen LogP contribution in [-0.4, -0.2) is 57.8 Å². The molecule has 0 bridgehead atoms. The fraction of sp³-hybridized carbons (Fsp3) is 0.320. The number of nitriles is 1. The topological polar surface area (TPSA) is 98.8 Å². The number of rotatable bonds is 6. The number of hydrogen-bond donors (Lipinski definition) is 1. The molecule has 0 atom stereocenters. The Kier molecular flexibility index (Phi) is 6.80. The maximum Gasteiger partial charge on any atom is 0.253 e. The van der Waals surface area contributed by atoms with Gasteiger partial charge >= 0.3 is 0 Å². The highest BCUT2D eigenvalue weighted by Gasteiger charge is 2.19. The summed E-state index contributed by atoms with van der Waals surface area (Å²) in [5, 5.41) is 12.7. The van der Waals surface area contributed by atoms with E-state index in [1.54, 1.807) is 26.2 Å². The molecule has 1 fully saturated rings. The van der Waals surface area contributed by atoms with Gasteiger partial charge in [-0.15, -0.1) is 0 Å². The Bertz CT molecular complexity index is 1320. The maximum atomic E-state index is 13.7. The van der Waals surface area contributed by atoms with Crippen LogP contribution in [0.4, 0.5) is 16.0 Å². The molecule has 3 aromatic rings. The monoisotopic (exact) mass is 464 g/mol. The molecule has 1 aliphatic rings. The molecule has 8 nitrogen and oxygen atoms in total. The third kappa shape index (κ3) is 4.87. The number of morpholine rings is 1. The normalized spacial score (nSPS) is 13.5. The lowest BCUT2D eigenvalue weighted by Crippen LogP contribution is -2.36. The number of nitrogens with one attached hydrogen (secondary N) is 1. The van der Waals surface area contributed by atoms with Gasteiger partial charge in [-0.2, -0.15) is 5.26 Å². The SMILES string of the molecule is CN(C)C(=O)c1cc(CCNc2cc(F)ccc2C#N)c2oc(N3CCOCC3)cc(=O)c2c1. The highest BCUT2D eigenvalue weighted by atomic mass is 19.1. The molecule has 2 heterocycles. The molecule has 0 radical (unpaired) electrons. The number of hydrogen-bond acceptors (Lipinski definition) is 7. The zero-order valence-corrected chi connectivity index (χ0v) is 19.1. The molecule has 0 aliphatic carbocycles. The van der Waals surface area contributed by atoms with Gasteiger partial charge in [0.05, 0.1) is 29.9 Å². The minimum Gasteiger partial charge on any atom is -0.440 e. The summed E-state index contributed by atoms with van der Waals surface area (Å²) >= 11 is 0. The number of ether oxygens (including phenoxy) is 1. The van der Waals surface area contributed by atoms with Crippen molar-refractivity contribution in [3.05, 3.63) is 69.1 Å². The Hall–Kier alpha value is -3.90. The van der Waals surface area contributed by atoms with Crippen LogP contribution in [0, 0.1) is 17.1 Å². The lowest BCUT2D eigenvalue weighted by atomic mass is 10.0. The molecule has 1 amide bonds. The first-order chi connectivity index (χ1) is 16.4. The predicted molar refractivity (Wildman–Crippen MR) is 127 cm³/mol. The van der Waals surface area contributed by atoms with Crippen molar-refractivity contribution < 1.29 is 18.3 Å². The minimum atomic E-state index is -0.452. The van der Waals surface area contributed by atoms with Gasteiger partial charge < -0.3 is 24.3 Å². The number of carbonyl (C=O) groups excluding carboxylic acids is 1. The molecule has 9 heteroatoms. The highest BCUT2D eigenvalue weighted by Crippen LogP contribution is 2.26. The van der Waals surface area contributed by atoms with Gasteiger partial charge in [-0.05, 0) is 42.3 Å². The number of carbonyl (C=O) groups is 1. The van der Waals surface area contributed by atoms with Crippen LogP contribution in [0.2, 0.25) is 0 Å². The fourth-order valence-electron chi connectivity index (χ4n) is 3.92. The molecule has 1 N–H and O–H groups in total. The van der Waals surface area contributed by atoms with E-state index in [2.05, 4.69) is 5.32 Å². The van der Waals surface area contributed by atoms with Crippen LogP contribution in [0.15, 0.2) is 45.6 Å². The van der Waals surface area contributed by atoms with Gasteiger partial charge in [-0.1, -0.05) is 0 Å². The number of anilines is 2. The Morgan fingerprint density at radius 3 is 2.68 bits per heavy atom. The molecular formula is C25H25FN4O4. The minimum absolute atomic E-state index is 0.232. The number of amides is 1. The summed E-state index contributed by atoms with van der Waals surface area (Å²) in [6.45, 7) is 2.64. The second-order valence-electron chi connectivity index (χ2n) is 8.24. The van der Waals surface area contributed by atoms with Gasteiger partial charge in [0.15, 0.2) is 11.3 Å². The predicted octanol–water partition coefficient (Wildman–Crippen LogP) is 3.00. The molecule has 0 spiro atoms. The van der Waals surface area contributed by atoms with Crippen LogP contribution in [0.25, 0.3) is 11.0 Å². The second-order valence-corrected chi connectivity index (χ2v) is 8.24. The van der Waals surface area contributed by atoms with E-state index in [0.29, 0.717) is 78.5 Å². The van der Waals surface area contributed by atoms with Crippen LogP contribution in [0.5, 0.6) is 0 Å². The lowest BCUT2D eigenvalue weighted by Gasteiger charge is -2.27. The van der Waals surface area contributed by atoms with Crippen molar-refractivity contribution in [1.29, 1.82) is 5.26 Å². The molecule has 1 saturated heterocycles. The van der Waals surface area contributed by atoms with Crippen LogP contribution in [-0.2, 0) is 11.2 Å². The summed E-state index contributed by atoms with van der Waals surface area (Å²) in [4.78, 5) is 29.1. The van der Waals surface area contributed by atoms with Crippen molar-refractivity contribution in [2.75, 3.05) is 57.2 Å². The maximum absolute atomic E-state index is 13.7. The van der Waals surface area contributed by atoms with Crippen molar-refractivity contribution in [3.63, 3.8) is 0 Å². The summed E-state index contributed by atoms with van der Waals surface area (Å²) in [5.41, 5.74) is 1.92. The van der Waals surface area contributed by atoms with Crippen molar-refractivity contribution >= 4 is 28.4 Å². The van der Waals surface area contributed by atoms with Gasteiger partial charge in [-0.3, -0.25) is 9.59 Å².